The van der Waals surface area contributed by atoms with E-state index in [1.54, 1.807) is 0 Å². The predicted octanol–water partition coefficient (Wildman–Crippen LogP) is 2.16. The number of phenolic OH excluding ortho intramolecular Hbond substituents is 2. The highest BCUT2D eigenvalue weighted by molar-refractivity contribution is 5.72. The summed E-state index contributed by atoms with van der Waals surface area (Å²) < 4.78 is 0. The van der Waals surface area contributed by atoms with Crippen LogP contribution in [-0.4, -0.2) is 20.4 Å². The number of aliphatic hydroxyl groups excluding tert-OH is 2. The van der Waals surface area contributed by atoms with Gasteiger partial charge in [-0.2, -0.15) is 0 Å². The van der Waals surface area contributed by atoms with Crippen LogP contribution < -0.4 is 0 Å². The van der Waals surface area contributed by atoms with Gasteiger partial charge in [0.15, 0.2) is 0 Å². The second-order valence-electron chi connectivity index (χ2n) is 2.78. The Kier molecular flexibility index (Phi) is 2.38. The Morgan fingerprint density at radius 3 is 1.50 bits per heavy atom. The second-order valence-corrected chi connectivity index (χ2v) is 2.78. The lowest BCUT2D eigenvalue weighted by Crippen LogP contribution is -1.88. The number of benzene rings is 1. The first-order valence-corrected chi connectivity index (χ1v) is 3.76. The molecule has 0 fully saturated rings. The third-order valence-electron chi connectivity index (χ3n) is 1.74. The van der Waals surface area contributed by atoms with Crippen molar-refractivity contribution >= 4 is 11.5 Å². The molecule has 4 N–H and O–H groups in total. The fourth-order valence-electron chi connectivity index (χ4n) is 1.04. The van der Waals surface area contributed by atoms with Gasteiger partial charge in [-0.1, -0.05) is 13.2 Å². The molecule has 4 heteroatoms. The SMILES string of the molecule is C=C(O)c1cc(C(=C)O)c(O)cc1O. The minimum absolute atomic E-state index is 0.0352. The zero-order chi connectivity index (χ0) is 10.9. The number of rotatable bonds is 2. The lowest BCUT2D eigenvalue weighted by atomic mass is 10.1. The molecule has 0 unspecified atom stereocenters. The maximum atomic E-state index is 9.28. The summed E-state index contributed by atoms with van der Waals surface area (Å²) in [5, 5.41) is 36.7. The number of hydrogen-bond donors (Lipinski definition) is 4. The lowest BCUT2D eigenvalue weighted by molar-refractivity contribution is 0.437. The molecule has 1 aromatic rings. The minimum Gasteiger partial charge on any atom is -0.508 e. The molecule has 1 aromatic carbocycles. The van der Waals surface area contributed by atoms with Crippen LogP contribution in [0.4, 0.5) is 0 Å². The molecule has 0 aromatic heterocycles. The smallest absolute Gasteiger partial charge is 0.130 e. The van der Waals surface area contributed by atoms with E-state index in [1.807, 2.05) is 0 Å². The molecular formula is C10H10O4. The first kappa shape index (κ1) is 9.98. The van der Waals surface area contributed by atoms with Crippen molar-refractivity contribution in [1.82, 2.24) is 0 Å². The van der Waals surface area contributed by atoms with E-state index < -0.39 is 0 Å². The first-order valence-electron chi connectivity index (χ1n) is 3.76. The zero-order valence-electron chi connectivity index (χ0n) is 7.36. The molecule has 0 atom stereocenters. The lowest BCUT2D eigenvalue weighted by Gasteiger charge is -2.07. The van der Waals surface area contributed by atoms with Crippen molar-refractivity contribution in [3.63, 3.8) is 0 Å². The molecule has 74 valence electrons. The maximum absolute atomic E-state index is 9.28. The second kappa shape index (κ2) is 3.33. The highest BCUT2D eigenvalue weighted by Crippen LogP contribution is 2.32. The molecular weight excluding hydrogens is 184 g/mol. The van der Waals surface area contributed by atoms with Crippen molar-refractivity contribution in [3.8, 4) is 11.5 Å². The Bertz CT molecular complexity index is 372. The van der Waals surface area contributed by atoms with Crippen LogP contribution in [0.15, 0.2) is 25.3 Å². The summed E-state index contributed by atoms with van der Waals surface area (Å²) in [5.41, 5.74) is 0.0704. The molecule has 0 aliphatic rings. The Balaban J connectivity index is 3.42. The van der Waals surface area contributed by atoms with Gasteiger partial charge in [-0.15, -0.1) is 0 Å². The summed E-state index contributed by atoms with van der Waals surface area (Å²) in [4.78, 5) is 0. The van der Waals surface area contributed by atoms with Crippen molar-refractivity contribution < 1.29 is 20.4 Å². The topological polar surface area (TPSA) is 80.9 Å². The van der Waals surface area contributed by atoms with Crippen LogP contribution in [0.2, 0.25) is 0 Å². The third-order valence-corrected chi connectivity index (χ3v) is 1.74. The van der Waals surface area contributed by atoms with Gasteiger partial charge in [0, 0.05) is 6.07 Å². The highest BCUT2D eigenvalue weighted by Gasteiger charge is 2.12. The summed E-state index contributed by atoms with van der Waals surface area (Å²) in [5.74, 6) is -1.35. The van der Waals surface area contributed by atoms with Crippen LogP contribution in [0.1, 0.15) is 11.1 Å². The van der Waals surface area contributed by atoms with E-state index in [4.69, 9.17) is 10.2 Å². The molecule has 0 radical (unpaired) electrons. The number of phenols is 2. The number of aromatic hydroxyl groups is 2. The molecule has 0 bridgehead atoms. The molecule has 0 aliphatic heterocycles. The van der Waals surface area contributed by atoms with Crippen molar-refractivity contribution in [2.24, 2.45) is 0 Å². The van der Waals surface area contributed by atoms with Crippen molar-refractivity contribution in [2.45, 2.75) is 0 Å². The average molecular weight is 194 g/mol. The van der Waals surface area contributed by atoms with Crippen LogP contribution in [0.3, 0.4) is 0 Å². The van der Waals surface area contributed by atoms with Crippen molar-refractivity contribution in [2.75, 3.05) is 0 Å². The van der Waals surface area contributed by atoms with Crippen LogP contribution in [0.25, 0.3) is 11.5 Å². The number of hydrogen-bond acceptors (Lipinski definition) is 4. The molecule has 4 nitrogen and oxygen atoms in total. The van der Waals surface area contributed by atoms with E-state index in [2.05, 4.69) is 13.2 Å². The van der Waals surface area contributed by atoms with Crippen molar-refractivity contribution in [1.29, 1.82) is 0 Å². The van der Waals surface area contributed by atoms with E-state index in [-0.39, 0.29) is 34.1 Å². The van der Waals surface area contributed by atoms with E-state index in [9.17, 15) is 10.2 Å². The Hall–Kier alpha value is -2.10. The summed E-state index contributed by atoms with van der Waals surface area (Å²) in [6, 6.07) is 2.18. The van der Waals surface area contributed by atoms with E-state index >= 15 is 0 Å². The van der Waals surface area contributed by atoms with Crippen LogP contribution in [-0.2, 0) is 0 Å². The first-order chi connectivity index (χ1) is 6.43. The Labute approximate surface area is 80.7 Å². The fourth-order valence-corrected chi connectivity index (χ4v) is 1.04. The predicted molar refractivity (Wildman–Crippen MR) is 53.1 cm³/mol. The zero-order valence-corrected chi connectivity index (χ0v) is 7.36. The molecule has 1 rings (SSSR count). The maximum Gasteiger partial charge on any atom is 0.130 e. The van der Waals surface area contributed by atoms with Gasteiger partial charge in [-0.25, -0.2) is 0 Å². The van der Waals surface area contributed by atoms with Crippen LogP contribution in [0, 0.1) is 0 Å². The fraction of sp³-hybridized carbons (Fsp3) is 0. The summed E-state index contributed by atoms with van der Waals surface area (Å²) >= 11 is 0. The molecule has 0 saturated carbocycles. The van der Waals surface area contributed by atoms with Crippen LogP contribution >= 0.6 is 0 Å². The normalized spacial score (nSPS) is 9.71. The van der Waals surface area contributed by atoms with Crippen LogP contribution in [0.5, 0.6) is 11.5 Å². The molecule has 0 aliphatic carbocycles. The monoisotopic (exact) mass is 194 g/mol. The van der Waals surface area contributed by atoms with Gasteiger partial charge < -0.3 is 20.4 Å². The van der Waals surface area contributed by atoms with Crippen molar-refractivity contribution in [3.05, 3.63) is 36.4 Å². The quantitative estimate of drug-likeness (QED) is 0.544. The summed E-state index contributed by atoms with van der Waals surface area (Å²) in [6.07, 6.45) is 0. The van der Waals surface area contributed by atoms with E-state index in [1.165, 1.54) is 6.07 Å². The third kappa shape index (κ3) is 1.64. The average Bonchev–Trinajstić information content (AvgIpc) is 2.02. The van der Waals surface area contributed by atoms with Gasteiger partial charge in [0.1, 0.15) is 23.0 Å². The molecule has 0 amide bonds. The molecule has 0 spiro atoms. The van der Waals surface area contributed by atoms with Gasteiger partial charge in [0.05, 0.1) is 11.1 Å². The highest BCUT2D eigenvalue weighted by atomic mass is 16.3. The standard InChI is InChI=1S/C10H10O4/c1-5(11)7-3-8(6(2)12)10(14)4-9(7)13/h3-4,11-14H,1-2H2. The minimum atomic E-state index is -0.356. The van der Waals surface area contributed by atoms with Gasteiger partial charge in [0.25, 0.3) is 0 Å². The van der Waals surface area contributed by atoms with Gasteiger partial charge in [-0.3, -0.25) is 0 Å². The largest absolute Gasteiger partial charge is 0.508 e. The van der Waals surface area contributed by atoms with Gasteiger partial charge in [-0.05, 0) is 6.07 Å². The molecule has 0 saturated heterocycles. The van der Waals surface area contributed by atoms with E-state index in [0.29, 0.717) is 0 Å². The summed E-state index contributed by atoms with van der Waals surface area (Å²) in [6.45, 7) is 6.44. The van der Waals surface area contributed by atoms with Gasteiger partial charge >= 0.3 is 0 Å². The Morgan fingerprint density at radius 2 is 1.21 bits per heavy atom. The van der Waals surface area contributed by atoms with Gasteiger partial charge in [0.2, 0.25) is 0 Å². The Morgan fingerprint density at radius 1 is 0.857 bits per heavy atom. The summed E-state index contributed by atoms with van der Waals surface area (Å²) in [7, 11) is 0. The molecule has 0 heterocycles. The molecule has 14 heavy (non-hydrogen) atoms. The van der Waals surface area contributed by atoms with E-state index in [0.717, 1.165) is 6.07 Å². The number of aliphatic hydroxyl groups is 2.